The third kappa shape index (κ3) is 2.74. The van der Waals surface area contributed by atoms with E-state index in [4.69, 9.17) is 0 Å². The van der Waals surface area contributed by atoms with Crippen molar-refractivity contribution < 1.29 is 4.57 Å². The summed E-state index contributed by atoms with van der Waals surface area (Å²) in [4.78, 5) is 2.51. The van der Waals surface area contributed by atoms with Gasteiger partial charge in [0, 0.05) is 0 Å². The van der Waals surface area contributed by atoms with Gasteiger partial charge in [-0.15, -0.1) is 0 Å². The molecule has 0 aliphatic rings. The first-order valence-electron chi connectivity index (χ1n) is 6.22. The SMILES string of the molecule is O=P#CCCn1c(-c2cccs2)ccc1-c1cccs1. The predicted octanol–water partition coefficient (Wildman–Crippen LogP) is 5.59. The van der Waals surface area contributed by atoms with Gasteiger partial charge in [0.25, 0.3) is 0 Å². The van der Waals surface area contributed by atoms with Crippen LogP contribution in [0, 0.1) is 5.63 Å². The second-order valence-electron chi connectivity index (χ2n) is 4.21. The fraction of sp³-hybridized carbons (Fsp3) is 0.133. The van der Waals surface area contributed by atoms with Crippen LogP contribution in [0.25, 0.3) is 21.1 Å². The van der Waals surface area contributed by atoms with E-state index in [1.807, 2.05) is 0 Å². The van der Waals surface area contributed by atoms with Gasteiger partial charge in [0.1, 0.15) is 0 Å². The van der Waals surface area contributed by atoms with E-state index in [0.717, 1.165) is 6.54 Å². The molecule has 3 aromatic heterocycles. The van der Waals surface area contributed by atoms with Crippen LogP contribution in [0.5, 0.6) is 0 Å². The Kier molecular flexibility index (Phi) is 4.39. The van der Waals surface area contributed by atoms with E-state index in [1.165, 1.54) is 21.1 Å². The van der Waals surface area contributed by atoms with Gasteiger partial charge >= 0.3 is 127 Å². The molecule has 3 aromatic rings. The molecule has 0 bridgehead atoms. The normalized spacial score (nSPS) is 10.4. The van der Waals surface area contributed by atoms with Crippen molar-refractivity contribution in [2.24, 2.45) is 0 Å². The monoisotopic (exact) mass is 317 g/mol. The van der Waals surface area contributed by atoms with Crippen LogP contribution in [-0.2, 0) is 11.1 Å². The fourth-order valence-electron chi connectivity index (χ4n) is 2.19. The molecule has 3 rings (SSSR count). The molecule has 0 unspecified atom stereocenters. The van der Waals surface area contributed by atoms with E-state index >= 15 is 0 Å². The molecule has 0 N–H and O–H groups in total. The summed E-state index contributed by atoms with van der Waals surface area (Å²) in [5, 5.41) is 4.18. The Morgan fingerprint density at radius 1 is 1.00 bits per heavy atom. The summed E-state index contributed by atoms with van der Waals surface area (Å²) in [6.45, 7) is 0.794. The first kappa shape index (κ1) is 13.7. The van der Waals surface area contributed by atoms with E-state index in [9.17, 15) is 4.57 Å². The molecule has 0 aliphatic carbocycles. The quantitative estimate of drug-likeness (QED) is 0.575. The molecular formula is C15H12NOPS2. The van der Waals surface area contributed by atoms with Gasteiger partial charge in [0.05, 0.1) is 0 Å². The summed E-state index contributed by atoms with van der Waals surface area (Å²) in [7, 11) is -0.0141. The Morgan fingerprint density at radius 3 is 2.05 bits per heavy atom. The van der Waals surface area contributed by atoms with Crippen LogP contribution >= 0.6 is 30.6 Å². The van der Waals surface area contributed by atoms with Gasteiger partial charge in [-0.05, 0) is 0 Å². The van der Waals surface area contributed by atoms with Gasteiger partial charge in [-0.3, -0.25) is 0 Å². The molecule has 0 fully saturated rings. The van der Waals surface area contributed by atoms with Crippen LogP contribution in [0.2, 0.25) is 0 Å². The zero-order valence-corrected chi connectivity index (χ0v) is 13.2. The molecule has 0 saturated heterocycles. The minimum absolute atomic E-state index is 0.0141. The molecular weight excluding hydrogens is 305 g/mol. The van der Waals surface area contributed by atoms with Crippen molar-refractivity contribution in [1.82, 2.24) is 4.57 Å². The Balaban J connectivity index is 2.06. The van der Waals surface area contributed by atoms with E-state index in [-0.39, 0.29) is 7.92 Å². The molecule has 0 spiro atoms. The molecule has 3 heterocycles. The van der Waals surface area contributed by atoms with Crippen molar-refractivity contribution in [3.63, 3.8) is 0 Å². The summed E-state index contributed by atoms with van der Waals surface area (Å²) in [6.07, 6.45) is 0.677. The Labute approximate surface area is 126 Å². The zero-order chi connectivity index (χ0) is 13.8. The standard InChI is InChI=1S/C15H12NOPS2/c17-18-9-3-8-16-12(14-4-1-10-19-14)6-7-13(16)15-5-2-11-20-15/h1-2,4-7,10-11H,3,8H2. The van der Waals surface area contributed by atoms with Crippen LogP contribution in [0.1, 0.15) is 6.42 Å². The van der Waals surface area contributed by atoms with Crippen LogP contribution in [-0.4, -0.2) is 4.57 Å². The number of aromatic nitrogens is 1. The summed E-state index contributed by atoms with van der Waals surface area (Å²) in [5.74, 6) is 0. The minimum atomic E-state index is -0.0141. The first-order chi connectivity index (χ1) is 9.90. The number of nitrogens with zero attached hydrogens (tertiary/aromatic N) is 1. The fourth-order valence-corrected chi connectivity index (χ4v) is 3.91. The molecule has 2 nitrogen and oxygen atoms in total. The summed E-state index contributed by atoms with van der Waals surface area (Å²) < 4.78 is 12.8. The second kappa shape index (κ2) is 6.43. The van der Waals surface area contributed by atoms with Crippen LogP contribution in [0.15, 0.2) is 47.2 Å². The number of hydrogen-bond acceptors (Lipinski definition) is 3. The van der Waals surface area contributed by atoms with Gasteiger partial charge < -0.3 is 0 Å². The van der Waals surface area contributed by atoms with Crippen molar-refractivity contribution in [3.05, 3.63) is 47.2 Å². The Bertz CT molecular complexity index is 730. The van der Waals surface area contributed by atoms with Crippen molar-refractivity contribution in [3.8, 4) is 26.8 Å². The van der Waals surface area contributed by atoms with Gasteiger partial charge in [-0.2, -0.15) is 0 Å². The van der Waals surface area contributed by atoms with Crippen LogP contribution < -0.4 is 0 Å². The molecule has 0 atom stereocenters. The third-order valence-electron chi connectivity index (χ3n) is 3.04. The number of thiophene rings is 2. The van der Waals surface area contributed by atoms with Gasteiger partial charge in [-0.25, -0.2) is 0 Å². The van der Waals surface area contributed by atoms with Crippen molar-refractivity contribution in [2.75, 3.05) is 0 Å². The Hall–Kier alpha value is -1.31. The molecule has 0 saturated carbocycles. The van der Waals surface area contributed by atoms with Crippen LogP contribution in [0.4, 0.5) is 0 Å². The maximum atomic E-state index is 10.5. The average Bonchev–Trinajstić information content (AvgIpc) is 3.19. The predicted molar refractivity (Wildman–Crippen MR) is 87.2 cm³/mol. The third-order valence-corrected chi connectivity index (χ3v) is 5.18. The van der Waals surface area contributed by atoms with E-state index < -0.39 is 0 Å². The summed E-state index contributed by atoms with van der Waals surface area (Å²) in [6, 6.07) is 12.7. The van der Waals surface area contributed by atoms with Gasteiger partial charge in [0.2, 0.25) is 0 Å². The second-order valence-corrected chi connectivity index (χ2v) is 6.60. The molecule has 0 aromatic carbocycles. The Morgan fingerprint density at radius 2 is 1.60 bits per heavy atom. The van der Waals surface area contributed by atoms with Crippen molar-refractivity contribution in [1.29, 1.82) is 0 Å². The zero-order valence-electron chi connectivity index (χ0n) is 10.7. The molecule has 0 amide bonds. The van der Waals surface area contributed by atoms with Crippen molar-refractivity contribution in [2.45, 2.75) is 13.0 Å². The van der Waals surface area contributed by atoms with Gasteiger partial charge in [0.15, 0.2) is 0 Å². The molecule has 0 radical (unpaired) electrons. The summed E-state index contributed by atoms with van der Waals surface area (Å²) >= 11 is 3.48. The van der Waals surface area contributed by atoms with Gasteiger partial charge in [-0.1, -0.05) is 0 Å². The first-order valence-corrected chi connectivity index (χ1v) is 8.80. The summed E-state index contributed by atoms with van der Waals surface area (Å²) in [5.41, 5.74) is 5.27. The molecule has 20 heavy (non-hydrogen) atoms. The molecule has 5 heteroatoms. The topological polar surface area (TPSA) is 22.0 Å². The average molecular weight is 317 g/mol. The van der Waals surface area contributed by atoms with E-state index in [2.05, 4.69) is 57.4 Å². The number of hydrogen-bond donors (Lipinski definition) is 0. The van der Waals surface area contributed by atoms with Crippen molar-refractivity contribution >= 4 is 30.6 Å². The number of rotatable bonds is 4. The van der Waals surface area contributed by atoms with Crippen LogP contribution in [0.3, 0.4) is 0 Å². The van der Waals surface area contributed by atoms with E-state index in [0.29, 0.717) is 6.42 Å². The van der Waals surface area contributed by atoms with E-state index in [1.54, 1.807) is 22.7 Å². The maximum absolute atomic E-state index is 10.5. The molecule has 0 aliphatic heterocycles. The molecule has 100 valence electrons.